The highest BCUT2D eigenvalue weighted by atomic mass is 32.2. The number of carbonyl (C=O) groups is 5. The molecule has 12 heteroatoms. The highest BCUT2D eigenvalue weighted by Crippen LogP contribution is 2.02. The second kappa shape index (κ2) is 12.9. The van der Waals surface area contributed by atoms with Gasteiger partial charge in [0.2, 0.25) is 17.7 Å². The van der Waals surface area contributed by atoms with Crippen LogP contribution in [0.3, 0.4) is 0 Å². The van der Waals surface area contributed by atoms with Gasteiger partial charge in [0.05, 0.1) is 6.04 Å². The normalized spacial score (nSPS) is 13.7. The minimum atomic E-state index is -1.21. The lowest BCUT2D eigenvalue weighted by Crippen LogP contribution is -2.55. The summed E-state index contributed by atoms with van der Waals surface area (Å²) in [7, 11) is 0. The highest BCUT2D eigenvalue weighted by Gasteiger charge is 2.25. The van der Waals surface area contributed by atoms with Crippen molar-refractivity contribution in [1.82, 2.24) is 16.0 Å². The van der Waals surface area contributed by atoms with Gasteiger partial charge in [0.1, 0.15) is 18.6 Å². The number of nitrogens with two attached hydrogens (primary N) is 1. The van der Waals surface area contributed by atoms with Crippen molar-refractivity contribution >= 4 is 41.4 Å². The first-order valence-electron chi connectivity index (χ1n) is 8.15. The van der Waals surface area contributed by atoms with Gasteiger partial charge in [-0.15, -0.1) is 0 Å². The average molecular weight is 406 g/mol. The van der Waals surface area contributed by atoms with Crippen LogP contribution in [0.4, 0.5) is 0 Å². The van der Waals surface area contributed by atoms with E-state index in [2.05, 4.69) is 16.0 Å². The highest BCUT2D eigenvalue weighted by molar-refractivity contribution is 7.98. The van der Waals surface area contributed by atoms with Crippen molar-refractivity contribution in [3.8, 4) is 0 Å². The number of amides is 3. The van der Waals surface area contributed by atoms with Gasteiger partial charge in [-0.05, 0) is 31.8 Å². The molecule has 0 fully saturated rings. The molecular weight excluding hydrogens is 380 g/mol. The number of carbonyl (C=O) groups excluding carboxylic acids is 3. The summed E-state index contributed by atoms with van der Waals surface area (Å²) >= 11 is 1.45. The topological polar surface area (TPSA) is 188 Å². The fourth-order valence-electron chi connectivity index (χ4n) is 1.88. The number of thioether (sulfide) groups is 1. The molecule has 0 aromatic heterocycles. The van der Waals surface area contributed by atoms with Crippen LogP contribution in [0.1, 0.15) is 26.2 Å². The van der Waals surface area contributed by atoms with Crippen molar-refractivity contribution in [1.29, 1.82) is 0 Å². The Labute approximate surface area is 160 Å². The summed E-state index contributed by atoms with van der Waals surface area (Å²) in [5, 5.41) is 24.2. The number of rotatable bonds is 13. The third-order valence-corrected chi connectivity index (χ3v) is 4.06. The lowest BCUT2D eigenvalue weighted by atomic mass is 10.1. The van der Waals surface area contributed by atoms with Gasteiger partial charge in [-0.2, -0.15) is 11.8 Å². The number of carboxylic acid groups (broad SMARTS) is 2. The molecule has 0 aliphatic rings. The van der Waals surface area contributed by atoms with E-state index in [1.165, 1.54) is 18.7 Å². The molecule has 0 saturated carbocycles. The van der Waals surface area contributed by atoms with Crippen molar-refractivity contribution in [3.05, 3.63) is 0 Å². The third kappa shape index (κ3) is 11.1. The molecule has 0 heterocycles. The minimum Gasteiger partial charge on any atom is -0.481 e. The smallest absolute Gasteiger partial charge is 0.322 e. The number of hydrogen-bond donors (Lipinski definition) is 6. The number of carboxylic acids is 2. The Morgan fingerprint density at radius 1 is 0.963 bits per heavy atom. The second-order valence-electron chi connectivity index (χ2n) is 5.72. The molecule has 0 saturated heterocycles. The van der Waals surface area contributed by atoms with Crippen LogP contribution in [0.5, 0.6) is 0 Å². The van der Waals surface area contributed by atoms with Crippen LogP contribution in [0.2, 0.25) is 0 Å². The fourth-order valence-corrected chi connectivity index (χ4v) is 2.35. The van der Waals surface area contributed by atoms with Crippen molar-refractivity contribution in [2.24, 2.45) is 5.73 Å². The van der Waals surface area contributed by atoms with Crippen molar-refractivity contribution in [2.45, 2.75) is 44.3 Å². The van der Waals surface area contributed by atoms with Crippen molar-refractivity contribution in [3.63, 3.8) is 0 Å². The van der Waals surface area contributed by atoms with Gasteiger partial charge in [-0.3, -0.25) is 24.0 Å². The monoisotopic (exact) mass is 406 g/mol. The average Bonchev–Trinajstić information content (AvgIpc) is 2.60. The largest absolute Gasteiger partial charge is 0.481 e. The molecule has 27 heavy (non-hydrogen) atoms. The van der Waals surface area contributed by atoms with Crippen LogP contribution in [-0.2, 0) is 24.0 Å². The third-order valence-electron chi connectivity index (χ3n) is 3.42. The van der Waals surface area contributed by atoms with E-state index in [1.807, 2.05) is 6.26 Å². The second-order valence-corrected chi connectivity index (χ2v) is 6.71. The van der Waals surface area contributed by atoms with Gasteiger partial charge in [0.25, 0.3) is 0 Å². The molecule has 0 bridgehead atoms. The maximum atomic E-state index is 12.2. The molecule has 0 aromatic rings. The van der Waals surface area contributed by atoms with Crippen molar-refractivity contribution in [2.75, 3.05) is 18.6 Å². The Morgan fingerprint density at radius 2 is 1.59 bits per heavy atom. The molecule has 3 atom stereocenters. The van der Waals surface area contributed by atoms with Gasteiger partial charge < -0.3 is 31.9 Å². The Kier molecular flexibility index (Phi) is 11.8. The number of nitrogens with one attached hydrogen (secondary N) is 3. The Balaban J connectivity index is 4.70. The van der Waals surface area contributed by atoms with Gasteiger partial charge in [0.15, 0.2) is 0 Å². The number of aliphatic carboxylic acids is 2. The van der Waals surface area contributed by atoms with Crippen LogP contribution >= 0.6 is 11.8 Å². The van der Waals surface area contributed by atoms with E-state index in [9.17, 15) is 24.0 Å². The fraction of sp³-hybridized carbons (Fsp3) is 0.667. The molecule has 0 aromatic carbocycles. The Hall–Kier alpha value is -2.34. The minimum absolute atomic E-state index is 0.0799. The van der Waals surface area contributed by atoms with Crippen LogP contribution in [-0.4, -0.2) is 76.6 Å². The van der Waals surface area contributed by atoms with E-state index >= 15 is 0 Å². The zero-order valence-corrected chi connectivity index (χ0v) is 16.0. The Morgan fingerprint density at radius 3 is 2.11 bits per heavy atom. The molecule has 154 valence electrons. The predicted octanol–water partition coefficient (Wildman–Crippen LogP) is -1.88. The molecule has 0 rings (SSSR count). The van der Waals surface area contributed by atoms with Crippen molar-refractivity contribution < 1.29 is 34.2 Å². The maximum Gasteiger partial charge on any atom is 0.322 e. The van der Waals surface area contributed by atoms with Gasteiger partial charge in [-0.1, -0.05) is 0 Å². The number of hydrogen-bond acceptors (Lipinski definition) is 7. The summed E-state index contributed by atoms with van der Waals surface area (Å²) in [4.78, 5) is 57.2. The van der Waals surface area contributed by atoms with E-state index in [0.29, 0.717) is 5.75 Å². The molecule has 3 unspecified atom stereocenters. The molecule has 0 spiro atoms. The Bertz CT molecular complexity index is 558. The summed E-state index contributed by atoms with van der Waals surface area (Å²) < 4.78 is 0. The summed E-state index contributed by atoms with van der Waals surface area (Å²) in [6, 6.07) is -3.05. The summed E-state index contributed by atoms with van der Waals surface area (Å²) in [6.45, 7) is 0.813. The van der Waals surface area contributed by atoms with E-state index in [0.717, 1.165) is 0 Å². The molecule has 3 amide bonds. The summed E-state index contributed by atoms with van der Waals surface area (Å²) in [5.74, 6) is -3.73. The van der Waals surface area contributed by atoms with Crippen LogP contribution in [0.25, 0.3) is 0 Å². The van der Waals surface area contributed by atoms with E-state index in [1.54, 1.807) is 0 Å². The quantitative estimate of drug-likeness (QED) is 0.203. The standard InChI is InChI=1S/C15H26N4O7S/c1-8(18-14(25)9(16)3-4-11(20)21)13(24)19-10(5-6-27-2)15(26)17-7-12(22)23/h8-10H,3-7,16H2,1-2H3,(H,17,26)(H,18,25)(H,19,24)(H,20,21)(H,22,23). The van der Waals surface area contributed by atoms with Gasteiger partial charge in [0, 0.05) is 6.42 Å². The summed E-state index contributed by atoms with van der Waals surface area (Å²) in [6.07, 6.45) is 1.73. The first kappa shape index (κ1) is 24.7. The van der Waals surface area contributed by atoms with E-state index < -0.39 is 54.3 Å². The zero-order chi connectivity index (χ0) is 21.0. The first-order valence-corrected chi connectivity index (χ1v) is 9.54. The van der Waals surface area contributed by atoms with Gasteiger partial charge in [-0.25, -0.2) is 0 Å². The molecule has 11 nitrogen and oxygen atoms in total. The first-order chi connectivity index (χ1) is 12.6. The zero-order valence-electron chi connectivity index (χ0n) is 15.2. The molecule has 0 radical (unpaired) electrons. The lowest BCUT2D eigenvalue weighted by Gasteiger charge is -2.21. The SMILES string of the molecule is CSCCC(NC(=O)C(C)NC(=O)C(N)CCC(=O)O)C(=O)NCC(=O)O. The molecule has 7 N–H and O–H groups in total. The maximum absolute atomic E-state index is 12.2. The van der Waals surface area contributed by atoms with Gasteiger partial charge >= 0.3 is 11.9 Å². The van der Waals surface area contributed by atoms with Crippen LogP contribution < -0.4 is 21.7 Å². The lowest BCUT2D eigenvalue weighted by molar-refractivity contribution is -0.139. The molecular formula is C15H26N4O7S. The van der Waals surface area contributed by atoms with Crippen LogP contribution in [0, 0.1) is 0 Å². The van der Waals surface area contributed by atoms with Crippen LogP contribution in [0.15, 0.2) is 0 Å². The van der Waals surface area contributed by atoms with E-state index in [-0.39, 0.29) is 19.3 Å². The van der Waals surface area contributed by atoms with E-state index in [4.69, 9.17) is 15.9 Å². The predicted molar refractivity (Wildman–Crippen MR) is 98.0 cm³/mol. The summed E-state index contributed by atoms with van der Waals surface area (Å²) in [5.41, 5.74) is 5.57. The molecule has 0 aliphatic carbocycles. The molecule has 0 aliphatic heterocycles.